The Bertz CT molecular complexity index is 702. The number of nitro groups is 1. The number of nitro benzene ring substituents is 1. The molecule has 0 atom stereocenters. The van der Waals surface area contributed by atoms with Crippen molar-refractivity contribution in [3.05, 3.63) is 69.5 Å². The molecule has 0 unspecified atom stereocenters. The van der Waals surface area contributed by atoms with E-state index in [2.05, 4.69) is 0 Å². The van der Waals surface area contributed by atoms with Gasteiger partial charge in [0, 0.05) is 6.07 Å². The quantitative estimate of drug-likeness (QED) is 0.675. The van der Waals surface area contributed by atoms with Gasteiger partial charge in [0.05, 0.1) is 16.6 Å². The van der Waals surface area contributed by atoms with Gasteiger partial charge in [0.15, 0.2) is 0 Å². The average molecular weight is 291 g/mol. The summed E-state index contributed by atoms with van der Waals surface area (Å²) in [6.07, 6.45) is 0. The highest BCUT2D eigenvalue weighted by Gasteiger charge is 2.09. The van der Waals surface area contributed by atoms with Crippen LogP contribution in [0.4, 0.5) is 10.1 Å². The fourth-order valence-corrected chi connectivity index (χ4v) is 1.71. The Labute approximate surface area is 118 Å². The zero-order chi connectivity index (χ0) is 15.4. The molecular weight excluding hydrogens is 281 g/mol. The third-order valence-corrected chi connectivity index (χ3v) is 2.64. The van der Waals surface area contributed by atoms with Crippen LogP contribution in [0.3, 0.4) is 0 Å². The van der Waals surface area contributed by atoms with Crippen LogP contribution in [0, 0.1) is 15.9 Å². The number of ether oxygens (including phenoxy) is 1. The lowest BCUT2D eigenvalue weighted by atomic mass is 10.1. The van der Waals surface area contributed by atoms with E-state index in [1.165, 1.54) is 30.3 Å². The van der Waals surface area contributed by atoms with Crippen LogP contribution in [0.25, 0.3) is 0 Å². The maximum Gasteiger partial charge on any atom is 0.335 e. The van der Waals surface area contributed by atoms with Crippen molar-refractivity contribution < 1.29 is 24.0 Å². The maximum atomic E-state index is 13.3. The summed E-state index contributed by atoms with van der Waals surface area (Å²) in [7, 11) is 0. The third-order valence-electron chi connectivity index (χ3n) is 2.64. The molecular formula is C14H10FNO5. The highest BCUT2D eigenvalue weighted by atomic mass is 19.1. The molecule has 108 valence electrons. The van der Waals surface area contributed by atoms with Crippen LogP contribution < -0.4 is 4.74 Å². The number of halogens is 1. The van der Waals surface area contributed by atoms with Gasteiger partial charge in [-0.15, -0.1) is 0 Å². The normalized spacial score (nSPS) is 10.1. The molecule has 0 bridgehead atoms. The standard InChI is InChI=1S/C14H10FNO5/c15-11-5-9(4-10(6-11)14(17)18)8-21-13-3-1-2-12(7-13)16(19)20/h1-7H,8H2,(H,17,18). The number of aromatic carboxylic acids is 1. The first kappa shape index (κ1) is 14.4. The SMILES string of the molecule is O=C(O)c1cc(F)cc(COc2cccc([N+](=O)[O-])c2)c1. The van der Waals surface area contributed by atoms with Crippen molar-refractivity contribution in [1.29, 1.82) is 0 Å². The van der Waals surface area contributed by atoms with E-state index in [0.717, 1.165) is 12.1 Å². The van der Waals surface area contributed by atoms with Gasteiger partial charge in [-0.1, -0.05) is 6.07 Å². The van der Waals surface area contributed by atoms with Gasteiger partial charge in [-0.3, -0.25) is 10.1 Å². The third kappa shape index (κ3) is 3.75. The number of hydrogen-bond acceptors (Lipinski definition) is 4. The van der Waals surface area contributed by atoms with E-state index in [1.807, 2.05) is 0 Å². The summed E-state index contributed by atoms with van der Waals surface area (Å²) in [4.78, 5) is 20.9. The van der Waals surface area contributed by atoms with Crippen LogP contribution in [0.15, 0.2) is 42.5 Å². The Balaban J connectivity index is 2.14. The summed E-state index contributed by atoms with van der Waals surface area (Å²) in [5.74, 6) is -1.69. The maximum absolute atomic E-state index is 13.3. The van der Waals surface area contributed by atoms with E-state index in [4.69, 9.17) is 9.84 Å². The van der Waals surface area contributed by atoms with Gasteiger partial charge in [-0.2, -0.15) is 0 Å². The molecule has 2 aromatic rings. The zero-order valence-corrected chi connectivity index (χ0v) is 10.7. The van der Waals surface area contributed by atoms with Crippen LogP contribution in [0.1, 0.15) is 15.9 Å². The predicted molar refractivity (Wildman–Crippen MR) is 70.8 cm³/mol. The number of rotatable bonds is 5. The molecule has 7 heteroatoms. The van der Waals surface area contributed by atoms with Crippen LogP contribution in [-0.4, -0.2) is 16.0 Å². The molecule has 0 aliphatic heterocycles. The van der Waals surface area contributed by atoms with E-state index >= 15 is 0 Å². The second kappa shape index (κ2) is 6.00. The molecule has 2 rings (SSSR count). The first-order chi connectivity index (χ1) is 9.95. The lowest BCUT2D eigenvalue weighted by Gasteiger charge is -2.07. The summed E-state index contributed by atoms with van der Waals surface area (Å²) in [6, 6.07) is 8.85. The molecule has 0 aliphatic carbocycles. The second-order valence-corrected chi connectivity index (χ2v) is 4.20. The Kier molecular flexibility index (Phi) is 4.13. The predicted octanol–water partition coefficient (Wildman–Crippen LogP) is 3.01. The van der Waals surface area contributed by atoms with Crippen LogP contribution in [-0.2, 0) is 6.61 Å². The summed E-state index contributed by atoms with van der Waals surface area (Å²) < 4.78 is 18.6. The Morgan fingerprint density at radius 2 is 2.05 bits per heavy atom. The minimum atomic E-state index is -1.24. The summed E-state index contributed by atoms with van der Waals surface area (Å²) in [6.45, 7) is -0.0980. The smallest absolute Gasteiger partial charge is 0.335 e. The second-order valence-electron chi connectivity index (χ2n) is 4.20. The number of nitrogens with zero attached hydrogens (tertiary/aromatic N) is 1. The Morgan fingerprint density at radius 3 is 2.71 bits per heavy atom. The molecule has 21 heavy (non-hydrogen) atoms. The number of carboxylic acid groups (broad SMARTS) is 1. The Morgan fingerprint density at radius 1 is 1.29 bits per heavy atom. The number of hydrogen-bond donors (Lipinski definition) is 1. The van der Waals surface area contributed by atoms with Gasteiger partial charge in [0.2, 0.25) is 0 Å². The fourth-order valence-electron chi connectivity index (χ4n) is 1.71. The number of carboxylic acids is 1. The van der Waals surface area contributed by atoms with E-state index in [-0.39, 0.29) is 23.6 Å². The lowest BCUT2D eigenvalue weighted by Crippen LogP contribution is -2.02. The highest BCUT2D eigenvalue weighted by molar-refractivity contribution is 5.87. The number of carbonyl (C=O) groups is 1. The van der Waals surface area contributed by atoms with Crippen molar-refractivity contribution in [2.24, 2.45) is 0 Å². The van der Waals surface area contributed by atoms with Gasteiger partial charge < -0.3 is 9.84 Å². The van der Waals surface area contributed by atoms with Crippen molar-refractivity contribution in [2.75, 3.05) is 0 Å². The first-order valence-corrected chi connectivity index (χ1v) is 5.86. The minimum absolute atomic E-state index is 0.0980. The lowest BCUT2D eigenvalue weighted by molar-refractivity contribution is -0.384. The van der Waals surface area contributed by atoms with Gasteiger partial charge in [-0.25, -0.2) is 9.18 Å². The molecule has 2 aromatic carbocycles. The molecule has 0 aliphatic rings. The monoisotopic (exact) mass is 291 g/mol. The fraction of sp³-hybridized carbons (Fsp3) is 0.0714. The van der Waals surface area contributed by atoms with E-state index in [9.17, 15) is 19.3 Å². The highest BCUT2D eigenvalue weighted by Crippen LogP contribution is 2.20. The molecule has 0 spiro atoms. The van der Waals surface area contributed by atoms with Crippen LogP contribution >= 0.6 is 0 Å². The molecule has 0 fully saturated rings. The molecule has 0 saturated carbocycles. The molecule has 0 heterocycles. The molecule has 1 N–H and O–H groups in total. The minimum Gasteiger partial charge on any atom is -0.489 e. The van der Waals surface area contributed by atoms with Gasteiger partial charge in [0.1, 0.15) is 18.2 Å². The molecule has 0 amide bonds. The van der Waals surface area contributed by atoms with Crippen molar-refractivity contribution in [3.8, 4) is 5.75 Å². The summed E-state index contributed by atoms with van der Waals surface area (Å²) >= 11 is 0. The molecule has 0 radical (unpaired) electrons. The Hall–Kier alpha value is -2.96. The largest absolute Gasteiger partial charge is 0.489 e. The van der Waals surface area contributed by atoms with Gasteiger partial charge in [-0.05, 0) is 29.8 Å². The van der Waals surface area contributed by atoms with Gasteiger partial charge in [0.25, 0.3) is 5.69 Å². The topological polar surface area (TPSA) is 89.7 Å². The van der Waals surface area contributed by atoms with E-state index < -0.39 is 16.7 Å². The zero-order valence-electron chi connectivity index (χ0n) is 10.7. The molecule has 6 nitrogen and oxygen atoms in total. The van der Waals surface area contributed by atoms with Crippen molar-refractivity contribution in [1.82, 2.24) is 0 Å². The molecule has 0 aromatic heterocycles. The van der Waals surface area contributed by atoms with E-state index in [1.54, 1.807) is 0 Å². The number of benzene rings is 2. The first-order valence-electron chi connectivity index (χ1n) is 5.86. The average Bonchev–Trinajstić information content (AvgIpc) is 2.45. The van der Waals surface area contributed by atoms with Crippen molar-refractivity contribution in [2.45, 2.75) is 6.61 Å². The van der Waals surface area contributed by atoms with Crippen LogP contribution in [0.2, 0.25) is 0 Å². The van der Waals surface area contributed by atoms with Crippen molar-refractivity contribution >= 4 is 11.7 Å². The van der Waals surface area contributed by atoms with E-state index in [0.29, 0.717) is 5.56 Å². The molecule has 0 saturated heterocycles. The number of non-ortho nitro benzene ring substituents is 1. The summed E-state index contributed by atoms with van der Waals surface area (Å²) in [5, 5.41) is 19.5. The van der Waals surface area contributed by atoms with Gasteiger partial charge >= 0.3 is 5.97 Å². The van der Waals surface area contributed by atoms with Crippen molar-refractivity contribution in [3.63, 3.8) is 0 Å². The summed E-state index contributed by atoms with van der Waals surface area (Å²) in [5.41, 5.74) is 0.00418. The van der Waals surface area contributed by atoms with Crippen LogP contribution in [0.5, 0.6) is 5.75 Å².